The third-order valence-corrected chi connectivity index (χ3v) is 6.04. The zero-order chi connectivity index (χ0) is 26.1. The number of aromatic nitrogens is 2. The number of nitrogens with zero attached hydrogens (tertiary/aromatic N) is 4. The van der Waals surface area contributed by atoms with E-state index >= 15 is 0 Å². The van der Waals surface area contributed by atoms with Gasteiger partial charge in [-0.05, 0) is 35.8 Å². The van der Waals surface area contributed by atoms with E-state index in [1.165, 1.54) is 15.8 Å². The summed E-state index contributed by atoms with van der Waals surface area (Å²) < 4.78 is 74.0. The normalized spacial score (nSPS) is 15.7. The SMILES string of the molecule is CCOC(=O)c1nn(C2(CC#N)CN(c3cc(F)c(C(=O)NC(C)C(F)(F)F)cc3F)C2)cc1Br. The Kier molecular flexibility index (Phi) is 7.39. The average Bonchev–Trinajstić information content (AvgIpc) is 3.13. The number of halogens is 6. The van der Waals surface area contributed by atoms with E-state index in [4.69, 9.17) is 4.74 Å². The van der Waals surface area contributed by atoms with Crippen molar-refractivity contribution in [3.05, 3.63) is 45.7 Å². The van der Waals surface area contributed by atoms with E-state index in [-0.39, 0.29) is 37.5 Å². The standard InChI is InChI=1S/C21H19BrF5N5O3/c1-3-35-19(34)17-13(22)8-32(30-17)20(4-5-28)9-31(10-20)16-7-14(23)12(6-15(16)24)18(33)29-11(2)21(25,26)27/h6-8,11H,3-4,9-10H2,1-2H3,(H,29,33). The van der Waals surface area contributed by atoms with Crippen LogP contribution in [-0.4, -0.2) is 53.6 Å². The first kappa shape index (κ1) is 26.4. The van der Waals surface area contributed by atoms with Crippen LogP contribution in [0.2, 0.25) is 0 Å². The molecule has 1 aromatic heterocycles. The van der Waals surface area contributed by atoms with Crippen LogP contribution in [0.1, 0.15) is 41.1 Å². The maximum atomic E-state index is 14.8. The van der Waals surface area contributed by atoms with Crippen LogP contribution in [0, 0.1) is 23.0 Å². The third-order valence-electron chi connectivity index (χ3n) is 5.46. The van der Waals surface area contributed by atoms with Gasteiger partial charge in [0.15, 0.2) is 5.69 Å². The Labute approximate surface area is 204 Å². The highest BCUT2D eigenvalue weighted by atomic mass is 79.9. The molecule has 0 spiro atoms. The Morgan fingerprint density at radius 2 is 1.97 bits per heavy atom. The van der Waals surface area contributed by atoms with Crippen molar-refractivity contribution in [2.24, 2.45) is 0 Å². The van der Waals surface area contributed by atoms with Gasteiger partial charge in [-0.1, -0.05) is 0 Å². The lowest BCUT2D eigenvalue weighted by molar-refractivity contribution is -0.149. The summed E-state index contributed by atoms with van der Waals surface area (Å²) in [6.45, 7) is 2.44. The molecule has 0 bridgehead atoms. The monoisotopic (exact) mass is 563 g/mol. The van der Waals surface area contributed by atoms with Crippen LogP contribution >= 0.6 is 15.9 Å². The first-order valence-corrected chi connectivity index (χ1v) is 11.0. The molecule has 1 atom stereocenters. The van der Waals surface area contributed by atoms with Crippen LogP contribution < -0.4 is 10.2 Å². The molecule has 1 aromatic carbocycles. The van der Waals surface area contributed by atoms with Gasteiger partial charge >= 0.3 is 12.1 Å². The molecule has 188 valence electrons. The van der Waals surface area contributed by atoms with Crippen molar-refractivity contribution in [2.75, 3.05) is 24.6 Å². The van der Waals surface area contributed by atoms with Crippen molar-refractivity contribution >= 4 is 33.5 Å². The first-order chi connectivity index (χ1) is 16.3. The summed E-state index contributed by atoms with van der Waals surface area (Å²) in [5, 5.41) is 15.1. The molecule has 1 aliphatic heterocycles. The second-order valence-corrected chi connectivity index (χ2v) is 8.78. The molecule has 14 heteroatoms. The molecule has 8 nitrogen and oxygen atoms in total. The smallest absolute Gasteiger partial charge is 0.408 e. The number of carbonyl (C=O) groups is 2. The molecule has 2 aromatic rings. The van der Waals surface area contributed by atoms with Crippen molar-refractivity contribution in [2.45, 2.75) is 38.0 Å². The van der Waals surface area contributed by atoms with Gasteiger partial charge in [-0.2, -0.15) is 23.5 Å². The van der Waals surface area contributed by atoms with E-state index in [0.717, 1.165) is 0 Å². The fourth-order valence-electron chi connectivity index (χ4n) is 3.56. The van der Waals surface area contributed by atoms with Gasteiger partial charge in [-0.15, -0.1) is 0 Å². The fourth-order valence-corrected chi connectivity index (χ4v) is 4.00. The molecular weight excluding hydrogens is 545 g/mol. The molecule has 1 amide bonds. The predicted molar refractivity (Wildman–Crippen MR) is 116 cm³/mol. The second kappa shape index (κ2) is 9.80. The fraction of sp³-hybridized carbons (Fsp3) is 0.429. The summed E-state index contributed by atoms with van der Waals surface area (Å²) in [6, 6.07) is 0.990. The van der Waals surface area contributed by atoms with Crippen LogP contribution in [0.3, 0.4) is 0 Å². The number of alkyl halides is 3. The van der Waals surface area contributed by atoms with Crippen LogP contribution in [0.4, 0.5) is 27.6 Å². The Hall–Kier alpha value is -3.21. The molecule has 1 N–H and O–H groups in total. The molecule has 35 heavy (non-hydrogen) atoms. The van der Waals surface area contributed by atoms with Crippen molar-refractivity contribution in [1.29, 1.82) is 5.26 Å². The number of anilines is 1. The maximum Gasteiger partial charge on any atom is 0.408 e. The zero-order valence-corrected chi connectivity index (χ0v) is 20.0. The van der Waals surface area contributed by atoms with Gasteiger partial charge < -0.3 is 15.0 Å². The Bertz CT molecular complexity index is 1190. The van der Waals surface area contributed by atoms with Crippen LogP contribution in [0.25, 0.3) is 0 Å². The lowest BCUT2D eigenvalue weighted by Crippen LogP contribution is -2.63. The number of hydrogen-bond donors (Lipinski definition) is 1. The molecule has 0 aliphatic carbocycles. The molecule has 3 rings (SSSR count). The summed E-state index contributed by atoms with van der Waals surface area (Å²) >= 11 is 3.22. The number of ether oxygens (including phenoxy) is 1. The Morgan fingerprint density at radius 1 is 1.31 bits per heavy atom. The summed E-state index contributed by atoms with van der Waals surface area (Å²) in [6.07, 6.45) is -3.34. The van der Waals surface area contributed by atoms with Gasteiger partial charge in [0.1, 0.15) is 23.2 Å². The first-order valence-electron chi connectivity index (χ1n) is 10.2. The van der Waals surface area contributed by atoms with E-state index in [0.29, 0.717) is 23.5 Å². The zero-order valence-electron chi connectivity index (χ0n) is 18.4. The van der Waals surface area contributed by atoms with Gasteiger partial charge in [0.05, 0.1) is 34.8 Å². The second-order valence-electron chi connectivity index (χ2n) is 7.93. The van der Waals surface area contributed by atoms with Crippen molar-refractivity contribution in [1.82, 2.24) is 15.1 Å². The predicted octanol–water partition coefficient (Wildman–Crippen LogP) is 3.91. The quantitative estimate of drug-likeness (QED) is 0.405. The van der Waals surface area contributed by atoms with Gasteiger partial charge in [0.2, 0.25) is 0 Å². The summed E-state index contributed by atoms with van der Waals surface area (Å²) in [5.74, 6) is -4.33. The molecule has 1 aliphatic rings. The topological polar surface area (TPSA) is 100 Å². The lowest BCUT2D eigenvalue weighted by atomic mass is 9.86. The molecule has 0 saturated carbocycles. The minimum Gasteiger partial charge on any atom is -0.461 e. The van der Waals surface area contributed by atoms with Crippen LogP contribution in [0.5, 0.6) is 0 Å². The summed E-state index contributed by atoms with van der Waals surface area (Å²) in [4.78, 5) is 25.5. The molecule has 2 heterocycles. The Balaban J connectivity index is 1.82. The molecule has 0 radical (unpaired) electrons. The number of nitriles is 1. The Morgan fingerprint density at radius 3 is 2.54 bits per heavy atom. The maximum absolute atomic E-state index is 14.8. The number of esters is 1. The number of carbonyl (C=O) groups excluding carboxylic acids is 2. The van der Waals surface area contributed by atoms with Crippen molar-refractivity contribution < 1.29 is 36.3 Å². The molecule has 1 unspecified atom stereocenters. The van der Waals surface area contributed by atoms with Gasteiger partial charge in [0, 0.05) is 25.4 Å². The highest BCUT2D eigenvalue weighted by molar-refractivity contribution is 9.10. The number of nitrogens with one attached hydrogen (secondary N) is 1. The van der Waals surface area contributed by atoms with Crippen LogP contribution in [0.15, 0.2) is 22.8 Å². The molecular formula is C21H19BrF5N5O3. The van der Waals surface area contributed by atoms with E-state index < -0.39 is 46.8 Å². The van der Waals surface area contributed by atoms with E-state index in [2.05, 4.69) is 21.0 Å². The van der Waals surface area contributed by atoms with E-state index in [1.54, 1.807) is 12.2 Å². The van der Waals surface area contributed by atoms with Gasteiger partial charge in [0.25, 0.3) is 5.91 Å². The summed E-state index contributed by atoms with van der Waals surface area (Å²) in [5.41, 5.74) is -2.10. The third kappa shape index (κ3) is 5.24. The lowest BCUT2D eigenvalue weighted by Gasteiger charge is -2.50. The van der Waals surface area contributed by atoms with Crippen molar-refractivity contribution in [3.63, 3.8) is 0 Å². The van der Waals surface area contributed by atoms with Gasteiger partial charge in [-0.3, -0.25) is 9.48 Å². The van der Waals surface area contributed by atoms with Gasteiger partial charge in [-0.25, -0.2) is 13.6 Å². The minimum atomic E-state index is -4.75. The number of benzene rings is 1. The minimum absolute atomic E-state index is 0.00392. The average molecular weight is 564 g/mol. The summed E-state index contributed by atoms with van der Waals surface area (Å²) in [7, 11) is 0. The largest absolute Gasteiger partial charge is 0.461 e. The van der Waals surface area contributed by atoms with E-state index in [1.807, 2.05) is 6.07 Å². The molecule has 1 fully saturated rings. The molecule has 1 saturated heterocycles. The van der Waals surface area contributed by atoms with E-state index in [9.17, 15) is 36.8 Å². The number of hydrogen-bond acceptors (Lipinski definition) is 6. The number of amides is 1. The highest BCUT2D eigenvalue weighted by Gasteiger charge is 2.47. The number of rotatable bonds is 7. The van der Waals surface area contributed by atoms with Crippen molar-refractivity contribution in [3.8, 4) is 6.07 Å². The van der Waals surface area contributed by atoms with Crippen LogP contribution in [-0.2, 0) is 10.3 Å². The highest BCUT2D eigenvalue weighted by Crippen LogP contribution is 2.38.